The maximum atomic E-state index is 12.5. The molecule has 0 aliphatic carbocycles. The van der Waals surface area contributed by atoms with Crippen molar-refractivity contribution in [3.05, 3.63) is 24.4 Å². The van der Waals surface area contributed by atoms with Crippen LogP contribution < -0.4 is 4.74 Å². The molecule has 23 heavy (non-hydrogen) atoms. The Hall–Kier alpha value is -1.27. The first kappa shape index (κ1) is 15.3. The third-order valence-corrected chi connectivity index (χ3v) is 6.52. The van der Waals surface area contributed by atoms with E-state index in [9.17, 15) is 4.79 Å². The van der Waals surface area contributed by atoms with Gasteiger partial charge in [-0.2, -0.15) is 0 Å². The quantitative estimate of drug-likeness (QED) is 0.846. The normalized spacial score (nSPS) is 27.0. The van der Waals surface area contributed by atoms with Gasteiger partial charge in [-0.15, -0.1) is 11.8 Å². The Morgan fingerprint density at radius 1 is 1.35 bits per heavy atom. The van der Waals surface area contributed by atoms with E-state index in [-0.39, 0.29) is 16.8 Å². The van der Waals surface area contributed by atoms with E-state index in [1.165, 1.54) is 0 Å². The predicted molar refractivity (Wildman–Crippen MR) is 88.6 cm³/mol. The Morgan fingerprint density at radius 2 is 2.17 bits per heavy atom. The van der Waals surface area contributed by atoms with Gasteiger partial charge in [0.15, 0.2) is 0 Å². The molecule has 3 saturated heterocycles. The van der Waals surface area contributed by atoms with Gasteiger partial charge in [-0.1, -0.05) is 6.07 Å². The van der Waals surface area contributed by atoms with Crippen molar-refractivity contribution in [3.8, 4) is 5.88 Å². The first-order valence-corrected chi connectivity index (χ1v) is 9.31. The van der Waals surface area contributed by atoms with Crippen LogP contribution in [0.5, 0.6) is 5.88 Å². The molecule has 6 heteroatoms. The lowest BCUT2D eigenvalue weighted by atomic mass is 9.89. The van der Waals surface area contributed by atoms with E-state index in [1.807, 2.05) is 34.9 Å². The number of thioether (sulfide) groups is 1. The highest BCUT2D eigenvalue weighted by molar-refractivity contribution is 8.01. The summed E-state index contributed by atoms with van der Waals surface area (Å²) in [6, 6.07) is 5.73. The number of carbonyl (C=O) groups is 1. The summed E-state index contributed by atoms with van der Waals surface area (Å²) in [4.78, 5) is 18.8. The fourth-order valence-electron chi connectivity index (χ4n) is 3.69. The number of carbonyl (C=O) groups excluding carboxylic acids is 1. The van der Waals surface area contributed by atoms with Crippen LogP contribution in [0.15, 0.2) is 24.4 Å². The molecule has 0 N–H and O–H groups in total. The zero-order chi connectivity index (χ0) is 15.7. The van der Waals surface area contributed by atoms with Gasteiger partial charge in [0.25, 0.3) is 0 Å². The summed E-state index contributed by atoms with van der Waals surface area (Å²) in [7, 11) is 0. The molecule has 1 atom stereocenters. The van der Waals surface area contributed by atoms with Gasteiger partial charge in [0.1, 0.15) is 6.10 Å². The summed E-state index contributed by atoms with van der Waals surface area (Å²) < 4.78 is 11.5. The van der Waals surface area contributed by atoms with E-state index in [2.05, 4.69) is 4.98 Å². The van der Waals surface area contributed by atoms with Crippen LogP contribution in [-0.4, -0.2) is 58.7 Å². The molecule has 5 nitrogen and oxygen atoms in total. The summed E-state index contributed by atoms with van der Waals surface area (Å²) >= 11 is 1.96. The summed E-state index contributed by atoms with van der Waals surface area (Å²) in [6.45, 7) is 3.19. The van der Waals surface area contributed by atoms with Crippen molar-refractivity contribution in [2.45, 2.75) is 30.1 Å². The fourth-order valence-corrected chi connectivity index (χ4v) is 5.22. The number of aromatic nitrogens is 1. The molecule has 1 amide bonds. The maximum absolute atomic E-state index is 12.5. The monoisotopic (exact) mass is 334 g/mol. The SMILES string of the molecule is O=C(C1CCOCC1)N1CC2(C[C@H](Oc3ccccn3)CS2)C1. The van der Waals surface area contributed by atoms with Crippen molar-refractivity contribution in [2.24, 2.45) is 5.92 Å². The standard InChI is InChI=1S/C17H22N2O3S/c20-16(13-4-7-21-8-5-13)19-11-17(12-19)9-14(10-23-17)22-15-3-1-2-6-18-15/h1-3,6,13-14H,4-5,7-12H2/t14-/m0/s1. The maximum Gasteiger partial charge on any atom is 0.225 e. The zero-order valence-corrected chi connectivity index (χ0v) is 14.0. The molecule has 0 radical (unpaired) electrons. The summed E-state index contributed by atoms with van der Waals surface area (Å²) in [5.41, 5.74) is 0. The number of hydrogen-bond donors (Lipinski definition) is 0. The van der Waals surface area contributed by atoms with Crippen LogP contribution in [0, 0.1) is 5.92 Å². The Balaban J connectivity index is 1.28. The molecule has 3 aliphatic heterocycles. The number of rotatable bonds is 3. The van der Waals surface area contributed by atoms with Gasteiger partial charge in [0.2, 0.25) is 11.8 Å². The number of hydrogen-bond acceptors (Lipinski definition) is 5. The molecule has 0 unspecified atom stereocenters. The summed E-state index contributed by atoms with van der Waals surface area (Å²) in [6.07, 6.45) is 4.72. The molecule has 1 spiro atoms. The first-order valence-electron chi connectivity index (χ1n) is 8.32. The zero-order valence-electron chi connectivity index (χ0n) is 13.1. The van der Waals surface area contributed by atoms with Gasteiger partial charge < -0.3 is 14.4 Å². The van der Waals surface area contributed by atoms with Crippen molar-refractivity contribution >= 4 is 17.7 Å². The summed E-state index contributed by atoms with van der Waals surface area (Å²) in [5, 5.41) is 0. The molecule has 124 valence electrons. The molecule has 4 rings (SSSR count). The molecule has 0 bridgehead atoms. The molecular weight excluding hydrogens is 312 g/mol. The first-order chi connectivity index (χ1) is 11.2. The van der Waals surface area contributed by atoms with Crippen molar-refractivity contribution in [1.82, 2.24) is 9.88 Å². The number of amides is 1. The third-order valence-electron chi connectivity index (χ3n) is 4.94. The number of nitrogens with zero attached hydrogens (tertiary/aromatic N) is 2. The average Bonchev–Trinajstić information content (AvgIpc) is 2.99. The van der Waals surface area contributed by atoms with E-state index >= 15 is 0 Å². The van der Waals surface area contributed by atoms with E-state index in [0.29, 0.717) is 11.8 Å². The average molecular weight is 334 g/mol. The lowest BCUT2D eigenvalue weighted by Crippen LogP contribution is -2.62. The lowest BCUT2D eigenvalue weighted by molar-refractivity contribution is -0.144. The number of likely N-dealkylation sites (tertiary alicyclic amines) is 1. The Morgan fingerprint density at radius 3 is 2.91 bits per heavy atom. The minimum atomic E-state index is 0.174. The van der Waals surface area contributed by atoms with Crippen LogP contribution in [0.2, 0.25) is 0 Å². The van der Waals surface area contributed by atoms with Gasteiger partial charge in [-0.3, -0.25) is 4.79 Å². The predicted octanol–water partition coefficient (Wildman–Crippen LogP) is 1.97. The molecule has 1 aromatic rings. The van der Waals surface area contributed by atoms with Crippen molar-refractivity contribution in [3.63, 3.8) is 0 Å². The van der Waals surface area contributed by atoms with Gasteiger partial charge in [-0.05, 0) is 18.9 Å². The number of ether oxygens (including phenoxy) is 2. The fraction of sp³-hybridized carbons (Fsp3) is 0.647. The number of pyridine rings is 1. The second-order valence-electron chi connectivity index (χ2n) is 6.69. The lowest BCUT2D eigenvalue weighted by Gasteiger charge is -2.48. The third kappa shape index (κ3) is 3.19. The van der Waals surface area contributed by atoms with Gasteiger partial charge >= 0.3 is 0 Å². The molecule has 3 aliphatic rings. The molecule has 0 saturated carbocycles. The highest BCUT2D eigenvalue weighted by Crippen LogP contribution is 2.46. The molecule has 3 fully saturated rings. The Kier molecular flexibility index (Phi) is 4.20. The molecular formula is C17H22N2O3S. The van der Waals surface area contributed by atoms with Gasteiger partial charge in [0, 0.05) is 56.7 Å². The van der Waals surface area contributed by atoms with Crippen LogP contribution in [0.4, 0.5) is 0 Å². The van der Waals surface area contributed by atoms with E-state index < -0.39 is 0 Å². The largest absolute Gasteiger partial charge is 0.473 e. The Labute approximate surface area is 140 Å². The topological polar surface area (TPSA) is 51.7 Å². The van der Waals surface area contributed by atoms with Crippen molar-refractivity contribution in [1.29, 1.82) is 0 Å². The van der Waals surface area contributed by atoms with Crippen molar-refractivity contribution in [2.75, 3.05) is 32.1 Å². The van der Waals surface area contributed by atoms with Crippen LogP contribution in [-0.2, 0) is 9.53 Å². The molecule has 1 aromatic heterocycles. The van der Waals surface area contributed by atoms with Crippen LogP contribution in [0.25, 0.3) is 0 Å². The van der Waals surface area contributed by atoms with E-state index in [4.69, 9.17) is 9.47 Å². The summed E-state index contributed by atoms with van der Waals surface area (Å²) in [5.74, 6) is 2.18. The second-order valence-corrected chi connectivity index (χ2v) is 8.17. The Bertz CT molecular complexity index is 556. The van der Waals surface area contributed by atoms with Gasteiger partial charge in [0.05, 0.1) is 4.75 Å². The minimum absolute atomic E-state index is 0.174. The van der Waals surface area contributed by atoms with Crippen LogP contribution >= 0.6 is 11.8 Å². The molecule has 4 heterocycles. The van der Waals surface area contributed by atoms with Crippen LogP contribution in [0.1, 0.15) is 19.3 Å². The van der Waals surface area contributed by atoms with Crippen LogP contribution in [0.3, 0.4) is 0 Å². The molecule has 0 aromatic carbocycles. The second kappa shape index (κ2) is 6.32. The van der Waals surface area contributed by atoms with E-state index in [0.717, 1.165) is 51.3 Å². The highest BCUT2D eigenvalue weighted by Gasteiger charge is 2.52. The van der Waals surface area contributed by atoms with Crippen molar-refractivity contribution < 1.29 is 14.3 Å². The van der Waals surface area contributed by atoms with Gasteiger partial charge in [-0.25, -0.2) is 4.98 Å². The highest BCUT2D eigenvalue weighted by atomic mass is 32.2. The smallest absolute Gasteiger partial charge is 0.225 e. The minimum Gasteiger partial charge on any atom is -0.473 e. The van der Waals surface area contributed by atoms with E-state index in [1.54, 1.807) is 6.20 Å².